The van der Waals surface area contributed by atoms with Gasteiger partial charge in [0.2, 0.25) is 11.8 Å². The van der Waals surface area contributed by atoms with Gasteiger partial charge in [0.15, 0.2) is 0 Å². The quantitative estimate of drug-likeness (QED) is 0.570. The highest BCUT2D eigenvalue weighted by Gasteiger charge is 2.23. The van der Waals surface area contributed by atoms with Crippen LogP contribution in [-0.2, 0) is 16.1 Å². The van der Waals surface area contributed by atoms with Crippen LogP contribution in [0.4, 0.5) is 0 Å². The van der Waals surface area contributed by atoms with Gasteiger partial charge in [-0.25, -0.2) is 4.79 Å². The highest BCUT2D eigenvalue weighted by Crippen LogP contribution is 2.05. The molecule has 1 aromatic rings. The van der Waals surface area contributed by atoms with Crippen LogP contribution in [0.2, 0.25) is 0 Å². The predicted molar refractivity (Wildman–Crippen MR) is 70.0 cm³/mol. The van der Waals surface area contributed by atoms with Crippen LogP contribution in [0, 0.1) is 0 Å². The first-order valence-electron chi connectivity index (χ1n) is 6.16. The second-order valence-corrected chi connectivity index (χ2v) is 4.46. The second kappa shape index (κ2) is 6.16. The molecule has 1 atom stereocenters. The van der Waals surface area contributed by atoms with E-state index in [1.807, 2.05) is 0 Å². The maximum absolute atomic E-state index is 11.9. The highest BCUT2D eigenvalue weighted by molar-refractivity contribution is 5.88. The molecule has 7 heteroatoms. The Morgan fingerprint density at radius 1 is 1.40 bits per heavy atom. The predicted octanol–water partition coefficient (Wildman–Crippen LogP) is -0.911. The number of aromatic carboxylic acids is 1. The minimum absolute atomic E-state index is 0.118. The van der Waals surface area contributed by atoms with Crippen LogP contribution in [0.3, 0.4) is 0 Å². The largest absolute Gasteiger partial charge is 0.478 e. The molecule has 0 radical (unpaired) electrons. The normalized spacial score (nSPS) is 18.2. The van der Waals surface area contributed by atoms with Crippen LogP contribution in [-0.4, -0.2) is 42.0 Å². The fourth-order valence-corrected chi connectivity index (χ4v) is 1.88. The number of rotatable bonds is 4. The third-order valence-electron chi connectivity index (χ3n) is 2.97. The van der Waals surface area contributed by atoms with E-state index in [0.717, 1.165) is 0 Å². The standard InChI is InChI=1S/C13H15N3O4/c17-11-7-14-10(6-15-11)12(18)16-5-8-2-1-3-9(4-8)13(19)20/h1-4,10,14H,5-7H2,(H,15,17)(H,16,18)(H,19,20). The average molecular weight is 277 g/mol. The Bertz CT molecular complexity index is 534. The molecule has 1 aliphatic heterocycles. The van der Waals surface area contributed by atoms with E-state index in [1.54, 1.807) is 12.1 Å². The zero-order valence-corrected chi connectivity index (χ0v) is 10.7. The van der Waals surface area contributed by atoms with Crippen LogP contribution in [0.5, 0.6) is 0 Å². The van der Waals surface area contributed by atoms with E-state index < -0.39 is 12.0 Å². The number of nitrogens with one attached hydrogen (secondary N) is 3. The SMILES string of the molecule is O=C1CNC(C(=O)NCc2cccc(C(=O)O)c2)CN1. The van der Waals surface area contributed by atoms with Crippen molar-refractivity contribution in [3.63, 3.8) is 0 Å². The molecule has 0 aliphatic carbocycles. The van der Waals surface area contributed by atoms with E-state index in [-0.39, 0.29) is 37.0 Å². The molecule has 0 saturated carbocycles. The van der Waals surface area contributed by atoms with Crippen molar-refractivity contribution in [2.75, 3.05) is 13.1 Å². The second-order valence-electron chi connectivity index (χ2n) is 4.46. The molecule has 0 aromatic heterocycles. The average Bonchev–Trinajstić information content (AvgIpc) is 2.46. The van der Waals surface area contributed by atoms with Crippen molar-refractivity contribution in [3.8, 4) is 0 Å². The van der Waals surface area contributed by atoms with Gasteiger partial charge >= 0.3 is 5.97 Å². The number of benzene rings is 1. The van der Waals surface area contributed by atoms with Gasteiger partial charge in [-0.3, -0.25) is 14.9 Å². The van der Waals surface area contributed by atoms with Crippen LogP contribution in [0.15, 0.2) is 24.3 Å². The molecule has 2 amide bonds. The Balaban J connectivity index is 1.88. The molecule has 0 bridgehead atoms. The lowest BCUT2D eigenvalue weighted by Gasteiger charge is -2.23. The monoisotopic (exact) mass is 277 g/mol. The number of carboxylic acid groups (broad SMARTS) is 1. The summed E-state index contributed by atoms with van der Waals surface area (Å²) in [6.07, 6.45) is 0. The van der Waals surface area contributed by atoms with E-state index in [0.29, 0.717) is 5.56 Å². The van der Waals surface area contributed by atoms with Crippen LogP contribution in [0.25, 0.3) is 0 Å². The first-order valence-corrected chi connectivity index (χ1v) is 6.16. The summed E-state index contributed by atoms with van der Waals surface area (Å²) in [6.45, 7) is 0.610. The summed E-state index contributed by atoms with van der Waals surface area (Å²) < 4.78 is 0. The summed E-state index contributed by atoms with van der Waals surface area (Å²) >= 11 is 0. The lowest BCUT2D eigenvalue weighted by atomic mass is 10.1. The minimum Gasteiger partial charge on any atom is -0.478 e. The van der Waals surface area contributed by atoms with Crippen molar-refractivity contribution >= 4 is 17.8 Å². The van der Waals surface area contributed by atoms with Gasteiger partial charge in [0.25, 0.3) is 0 Å². The lowest BCUT2D eigenvalue weighted by molar-refractivity contribution is -0.126. The Hall–Kier alpha value is -2.41. The maximum Gasteiger partial charge on any atom is 0.335 e. The number of piperazine rings is 1. The number of hydrogen-bond acceptors (Lipinski definition) is 4. The van der Waals surface area contributed by atoms with Gasteiger partial charge in [0, 0.05) is 13.1 Å². The summed E-state index contributed by atoms with van der Waals surface area (Å²) in [4.78, 5) is 33.6. The molecule has 20 heavy (non-hydrogen) atoms. The molecule has 1 aliphatic rings. The van der Waals surface area contributed by atoms with E-state index in [1.165, 1.54) is 12.1 Å². The zero-order chi connectivity index (χ0) is 14.5. The lowest BCUT2D eigenvalue weighted by Crippen LogP contribution is -2.57. The van der Waals surface area contributed by atoms with Gasteiger partial charge in [0.1, 0.15) is 6.04 Å². The number of amides is 2. The van der Waals surface area contributed by atoms with Crippen molar-refractivity contribution in [2.24, 2.45) is 0 Å². The molecule has 1 unspecified atom stereocenters. The Morgan fingerprint density at radius 3 is 2.85 bits per heavy atom. The summed E-state index contributed by atoms with van der Waals surface area (Å²) in [7, 11) is 0. The van der Waals surface area contributed by atoms with Crippen molar-refractivity contribution < 1.29 is 19.5 Å². The molecule has 1 fully saturated rings. The van der Waals surface area contributed by atoms with E-state index in [2.05, 4.69) is 16.0 Å². The van der Waals surface area contributed by atoms with Crippen LogP contribution < -0.4 is 16.0 Å². The molecule has 7 nitrogen and oxygen atoms in total. The number of carbonyl (C=O) groups excluding carboxylic acids is 2. The third kappa shape index (κ3) is 3.55. The molecule has 1 aromatic carbocycles. The van der Waals surface area contributed by atoms with E-state index in [9.17, 15) is 14.4 Å². The third-order valence-corrected chi connectivity index (χ3v) is 2.97. The smallest absolute Gasteiger partial charge is 0.335 e. The van der Waals surface area contributed by atoms with Crippen molar-refractivity contribution in [3.05, 3.63) is 35.4 Å². The van der Waals surface area contributed by atoms with Gasteiger partial charge in [-0.05, 0) is 17.7 Å². The fourth-order valence-electron chi connectivity index (χ4n) is 1.88. The van der Waals surface area contributed by atoms with E-state index in [4.69, 9.17) is 5.11 Å². The summed E-state index contributed by atoms with van der Waals surface area (Å²) in [6, 6.07) is 5.91. The molecular formula is C13H15N3O4. The zero-order valence-electron chi connectivity index (χ0n) is 10.7. The van der Waals surface area contributed by atoms with E-state index >= 15 is 0 Å². The topological polar surface area (TPSA) is 108 Å². The van der Waals surface area contributed by atoms with Gasteiger partial charge in [-0.1, -0.05) is 12.1 Å². The number of hydrogen-bond donors (Lipinski definition) is 4. The Labute approximate surface area is 115 Å². The Kier molecular flexibility index (Phi) is 4.31. The molecule has 106 valence electrons. The molecule has 0 spiro atoms. The molecular weight excluding hydrogens is 262 g/mol. The number of carbonyl (C=O) groups is 3. The first-order chi connectivity index (χ1) is 9.56. The summed E-state index contributed by atoms with van der Waals surface area (Å²) in [5.41, 5.74) is 0.887. The van der Waals surface area contributed by atoms with Crippen molar-refractivity contribution in [1.29, 1.82) is 0 Å². The van der Waals surface area contributed by atoms with Crippen LogP contribution >= 0.6 is 0 Å². The van der Waals surface area contributed by atoms with Crippen LogP contribution in [0.1, 0.15) is 15.9 Å². The fraction of sp³-hybridized carbons (Fsp3) is 0.308. The van der Waals surface area contributed by atoms with Gasteiger partial charge in [-0.15, -0.1) is 0 Å². The first kappa shape index (κ1) is 14.0. The minimum atomic E-state index is -1.00. The number of carboxylic acids is 1. The molecule has 2 rings (SSSR count). The molecule has 1 saturated heterocycles. The van der Waals surface area contributed by atoms with Crippen molar-refractivity contribution in [2.45, 2.75) is 12.6 Å². The maximum atomic E-state index is 11.9. The molecule has 4 N–H and O–H groups in total. The molecule has 1 heterocycles. The van der Waals surface area contributed by atoms with Crippen molar-refractivity contribution in [1.82, 2.24) is 16.0 Å². The Morgan fingerprint density at radius 2 is 2.20 bits per heavy atom. The highest BCUT2D eigenvalue weighted by atomic mass is 16.4. The summed E-state index contributed by atoms with van der Waals surface area (Å²) in [5.74, 6) is -1.37. The van der Waals surface area contributed by atoms with Gasteiger partial charge < -0.3 is 15.7 Å². The van der Waals surface area contributed by atoms with Gasteiger partial charge in [-0.2, -0.15) is 0 Å². The van der Waals surface area contributed by atoms with Gasteiger partial charge in [0.05, 0.1) is 12.1 Å². The summed E-state index contributed by atoms with van der Waals surface area (Å²) in [5, 5.41) is 17.0.